The minimum atomic E-state index is -0.927. The van der Waals surface area contributed by atoms with Gasteiger partial charge in [0.05, 0.1) is 13.0 Å². The van der Waals surface area contributed by atoms with E-state index < -0.39 is 5.97 Å². The van der Waals surface area contributed by atoms with Crippen LogP contribution in [-0.2, 0) is 4.79 Å². The minimum Gasteiger partial charge on any atom is -0.481 e. The van der Waals surface area contributed by atoms with Crippen LogP contribution in [0.1, 0.15) is 12.0 Å². The molecule has 0 bridgehead atoms. The van der Waals surface area contributed by atoms with Crippen molar-refractivity contribution in [3.8, 4) is 11.8 Å². The van der Waals surface area contributed by atoms with Crippen LogP contribution in [0.4, 0.5) is 4.79 Å². The second kappa shape index (κ2) is 7.77. The van der Waals surface area contributed by atoms with Gasteiger partial charge in [-0.25, -0.2) is 4.79 Å². The van der Waals surface area contributed by atoms with Crippen molar-refractivity contribution in [2.45, 2.75) is 6.42 Å². The molecule has 1 aromatic rings. The van der Waals surface area contributed by atoms with Gasteiger partial charge in [-0.3, -0.25) is 4.79 Å². The van der Waals surface area contributed by atoms with E-state index in [2.05, 4.69) is 17.2 Å². The van der Waals surface area contributed by atoms with Gasteiger partial charge in [-0.2, -0.15) is 0 Å². The Balaban J connectivity index is 2.31. The van der Waals surface area contributed by atoms with E-state index in [0.29, 0.717) is 0 Å². The summed E-state index contributed by atoms with van der Waals surface area (Å²) >= 11 is 0. The number of carboxylic acid groups (broad SMARTS) is 1. The van der Waals surface area contributed by atoms with Crippen LogP contribution in [0.15, 0.2) is 30.3 Å². The van der Waals surface area contributed by atoms with Crippen molar-refractivity contribution in [1.82, 2.24) is 10.2 Å². The van der Waals surface area contributed by atoms with Crippen molar-refractivity contribution in [3.05, 3.63) is 35.9 Å². The van der Waals surface area contributed by atoms with E-state index in [-0.39, 0.29) is 25.5 Å². The average molecular weight is 260 g/mol. The van der Waals surface area contributed by atoms with E-state index in [1.54, 1.807) is 7.05 Å². The van der Waals surface area contributed by atoms with E-state index in [4.69, 9.17) is 5.11 Å². The lowest BCUT2D eigenvalue weighted by molar-refractivity contribution is -0.137. The van der Waals surface area contributed by atoms with Gasteiger partial charge < -0.3 is 15.3 Å². The van der Waals surface area contributed by atoms with E-state index in [9.17, 15) is 9.59 Å². The number of benzene rings is 1. The summed E-state index contributed by atoms with van der Waals surface area (Å²) < 4.78 is 0. The molecule has 0 aromatic heterocycles. The fraction of sp³-hybridized carbons (Fsp3) is 0.286. The van der Waals surface area contributed by atoms with Crippen molar-refractivity contribution in [2.75, 3.05) is 20.1 Å². The third-order valence-electron chi connectivity index (χ3n) is 2.34. The number of rotatable bonds is 4. The van der Waals surface area contributed by atoms with Crippen LogP contribution in [0.3, 0.4) is 0 Å². The summed E-state index contributed by atoms with van der Waals surface area (Å²) in [5, 5.41) is 11.1. The average Bonchev–Trinajstić information content (AvgIpc) is 2.41. The van der Waals surface area contributed by atoms with Crippen molar-refractivity contribution >= 4 is 12.0 Å². The van der Waals surface area contributed by atoms with Crippen molar-refractivity contribution in [3.63, 3.8) is 0 Å². The molecule has 2 amide bonds. The van der Waals surface area contributed by atoms with Crippen molar-refractivity contribution < 1.29 is 14.7 Å². The lowest BCUT2D eigenvalue weighted by atomic mass is 10.2. The van der Waals surface area contributed by atoms with Crippen LogP contribution in [0, 0.1) is 11.8 Å². The maximum absolute atomic E-state index is 11.5. The minimum absolute atomic E-state index is 0.0698. The van der Waals surface area contributed by atoms with Gasteiger partial charge in [0.25, 0.3) is 0 Å². The quantitative estimate of drug-likeness (QED) is 0.798. The Morgan fingerprint density at radius 1 is 1.32 bits per heavy atom. The van der Waals surface area contributed by atoms with Gasteiger partial charge in [-0.05, 0) is 12.1 Å². The molecule has 0 aliphatic carbocycles. The Kier molecular flexibility index (Phi) is 5.96. The fourth-order valence-electron chi connectivity index (χ4n) is 1.29. The molecule has 100 valence electrons. The summed E-state index contributed by atoms with van der Waals surface area (Å²) in [6.45, 7) is 0.401. The number of nitrogens with one attached hydrogen (secondary N) is 1. The zero-order valence-corrected chi connectivity index (χ0v) is 10.7. The smallest absolute Gasteiger partial charge is 0.317 e. The molecule has 0 atom stereocenters. The highest BCUT2D eigenvalue weighted by Crippen LogP contribution is 1.94. The monoisotopic (exact) mass is 260 g/mol. The maximum atomic E-state index is 11.5. The molecule has 2 N–H and O–H groups in total. The molecular weight excluding hydrogens is 244 g/mol. The molecule has 5 heteroatoms. The number of hydrogen-bond acceptors (Lipinski definition) is 2. The molecule has 5 nitrogen and oxygen atoms in total. The number of amides is 2. The van der Waals surface area contributed by atoms with Crippen LogP contribution >= 0.6 is 0 Å². The van der Waals surface area contributed by atoms with Gasteiger partial charge in [-0.1, -0.05) is 30.0 Å². The topological polar surface area (TPSA) is 69.6 Å². The molecule has 0 saturated heterocycles. The second-order valence-electron chi connectivity index (χ2n) is 3.89. The molecule has 1 rings (SSSR count). The van der Waals surface area contributed by atoms with E-state index in [0.717, 1.165) is 5.56 Å². The van der Waals surface area contributed by atoms with Gasteiger partial charge in [0.15, 0.2) is 0 Å². The van der Waals surface area contributed by atoms with E-state index in [1.807, 2.05) is 30.3 Å². The molecule has 0 radical (unpaired) electrons. The molecule has 19 heavy (non-hydrogen) atoms. The Bertz CT molecular complexity index is 488. The van der Waals surface area contributed by atoms with Gasteiger partial charge in [0.2, 0.25) is 0 Å². The highest BCUT2D eigenvalue weighted by Gasteiger charge is 2.08. The maximum Gasteiger partial charge on any atom is 0.317 e. The zero-order valence-electron chi connectivity index (χ0n) is 10.7. The third-order valence-corrected chi connectivity index (χ3v) is 2.34. The van der Waals surface area contributed by atoms with E-state index >= 15 is 0 Å². The predicted molar refractivity (Wildman–Crippen MR) is 71.6 cm³/mol. The van der Waals surface area contributed by atoms with Crippen LogP contribution in [0.2, 0.25) is 0 Å². The predicted octanol–water partition coefficient (Wildman–Crippen LogP) is 1.15. The first-order valence-electron chi connectivity index (χ1n) is 5.84. The van der Waals surface area contributed by atoms with Crippen molar-refractivity contribution in [1.29, 1.82) is 0 Å². The highest BCUT2D eigenvalue weighted by molar-refractivity contribution is 5.75. The largest absolute Gasteiger partial charge is 0.481 e. The Hall–Kier alpha value is -2.48. The number of nitrogens with zero attached hydrogens (tertiary/aromatic N) is 1. The molecule has 0 aliphatic rings. The molecule has 0 fully saturated rings. The molecule has 0 spiro atoms. The number of hydrogen-bond donors (Lipinski definition) is 2. The van der Waals surface area contributed by atoms with Crippen LogP contribution in [0.5, 0.6) is 0 Å². The van der Waals surface area contributed by atoms with Gasteiger partial charge in [0, 0.05) is 19.2 Å². The summed E-state index contributed by atoms with van der Waals surface area (Å²) in [6, 6.07) is 9.12. The number of carbonyl (C=O) groups is 2. The van der Waals surface area contributed by atoms with Crippen LogP contribution in [0.25, 0.3) is 0 Å². The number of carbonyl (C=O) groups excluding carboxylic acids is 1. The number of aliphatic carboxylic acids is 1. The standard InChI is InChI=1S/C14H16N2O3/c1-16(11-9-13(17)18)14(19)15-10-5-8-12-6-3-2-4-7-12/h2-4,6-7H,9-11H2,1H3,(H,15,19)(H,17,18). The molecule has 0 aliphatic heterocycles. The van der Waals surface area contributed by atoms with Gasteiger partial charge in [0.1, 0.15) is 0 Å². The fourth-order valence-corrected chi connectivity index (χ4v) is 1.29. The Morgan fingerprint density at radius 3 is 2.63 bits per heavy atom. The van der Waals surface area contributed by atoms with Crippen LogP contribution < -0.4 is 5.32 Å². The molecule has 1 aromatic carbocycles. The molecular formula is C14H16N2O3. The SMILES string of the molecule is CN(CCC(=O)O)C(=O)NCC#Cc1ccccc1. The molecule has 0 heterocycles. The number of carboxylic acids is 1. The molecule has 0 unspecified atom stereocenters. The Labute approximate surface area is 112 Å². The first kappa shape index (κ1) is 14.6. The second-order valence-corrected chi connectivity index (χ2v) is 3.89. The van der Waals surface area contributed by atoms with Gasteiger partial charge >= 0.3 is 12.0 Å². The highest BCUT2D eigenvalue weighted by atomic mass is 16.4. The number of urea groups is 1. The summed E-state index contributed by atoms with van der Waals surface area (Å²) in [7, 11) is 1.54. The van der Waals surface area contributed by atoms with E-state index in [1.165, 1.54) is 4.90 Å². The first-order chi connectivity index (χ1) is 9.09. The van der Waals surface area contributed by atoms with Gasteiger partial charge in [-0.15, -0.1) is 0 Å². The molecule has 0 saturated carbocycles. The summed E-state index contributed by atoms with van der Waals surface area (Å²) in [5.74, 6) is 4.81. The lowest BCUT2D eigenvalue weighted by Crippen LogP contribution is -2.38. The normalized spacial score (nSPS) is 9.11. The summed E-state index contributed by atoms with van der Waals surface area (Å²) in [6.07, 6.45) is -0.0698. The van der Waals surface area contributed by atoms with Crippen molar-refractivity contribution in [2.24, 2.45) is 0 Å². The Morgan fingerprint density at radius 2 is 2.00 bits per heavy atom. The zero-order chi connectivity index (χ0) is 14.1. The summed E-state index contributed by atoms with van der Waals surface area (Å²) in [4.78, 5) is 23.2. The summed E-state index contributed by atoms with van der Waals surface area (Å²) in [5.41, 5.74) is 0.885. The lowest BCUT2D eigenvalue weighted by Gasteiger charge is -2.15. The first-order valence-corrected chi connectivity index (χ1v) is 5.84. The third kappa shape index (κ3) is 6.13. The van der Waals surface area contributed by atoms with Crippen LogP contribution in [-0.4, -0.2) is 42.1 Å².